The second-order valence-electron chi connectivity index (χ2n) is 2.31. The summed E-state index contributed by atoms with van der Waals surface area (Å²) in [6.45, 7) is 0. The molecule has 2 N–H and O–H groups in total. The summed E-state index contributed by atoms with van der Waals surface area (Å²) in [5.41, 5.74) is 5.63. The van der Waals surface area contributed by atoms with Gasteiger partial charge in [0.2, 0.25) is 5.91 Å². The Balaban J connectivity index is 2.72. The smallest absolute Gasteiger partial charge is 0.229 e. The molecule has 3 nitrogen and oxygen atoms in total. The fraction of sp³-hybridized carbons (Fsp3) is 0.111. The highest BCUT2D eigenvalue weighted by Crippen LogP contribution is 2.05. The summed E-state index contributed by atoms with van der Waals surface area (Å²) in [6, 6.07) is 3.33. The Morgan fingerprint density at radius 3 is 3.08 bits per heavy atom. The van der Waals surface area contributed by atoms with E-state index in [1.165, 1.54) is 0 Å². The monoisotopic (exact) mass is 194 g/mol. The highest BCUT2D eigenvalue weighted by Gasteiger charge is 1.90. The number of aromatic nitrogens is 1. The summed E-state index contributed by atoms with van der Waals surface area (Å²) >= 11 is 5.62. The molecule has 0 radical (unpaired) electrons. The predicted molar refractivity (Wildman–Crippen MR) is 49.9 cm³/mol. The lowest BCUT2D eigenvalue weighted by atomic mass is 10.2. The number of nitrogens with zero attached hydrogens (tertiary/aromatic N) is 1. The van der Waals surface area contributed by atoms with Gasteiger partial charge < -0.3 is 5.73 Å². The topological polar surface area (TPSA) is 56.0 Å². The van der Waals surface area contributed by atoms with E-state index >= 15 is 0 Å². The van der Waals surface area contributed by atoms with E-state index < -0.39 is 5.91 Å². The molecule has 0 bridgehead atoms. The molecule has 1 aromatic rings. The maximum absolute atomic E-state index is 10.3. The molecule has 1 amide bonds. The molecule has 66 valence electrons. The lowest BCUT2D eigenvalue weighted by Gasteiger charge is -1.89. The highest BCUT2D eigenvalue weighted by atomic mass is 35.5. The van der Waals surface area contributed by atoms with Crippen molar-refractivity contribution < 1.29 is 4.79 Å². The van der Waals surface area contributed by atoms with E-state index in [0.717, 1.165) is 5.56 Å². The Hall–Kier alpha value is -1.53. The minimum Gasteiger partial charge on any atom is -0.369 e. The molecule has 1 aromatic heterocycles. The largest absolute Gasteiger partial charge is 0.369 e. The molecule has 1 heterocycles. The van der Waals surface area contributed by atoms with Crippen LogP contribution in [0.4, 0.5) is 0 Å². The van der Waals surface area contributed by atoms with Gasteiger partial charge in [-0.05, 0) is 12.1 Å². The van der Waals surface area contributed by atoms with Crippen molar-refractivity contribution in [3.05, 3.63) is 29.0 Å². The summed E-state index contributed by atoms with van der Waals surface area (Å²) in [4.78, 5) is 14.1. The molecule has 0 spiro atoms. The maximum Gasteiger partial charge on any atom is 0.229 e. The first-order chi connectivity index (χ1) is 6.18. The molecule has 0 atom stereocenters. The third kappa shape index (κ3) is 3.59. The van der Waals surface area contributed by atoms with Crippen LogP contribution >= 0.6 is 11.6 Å². The van der Waals surface area contributed by atoms with Crippen LogP contribution in [0.15, 0.2) is 18.3 Å². The van der Waals surface area contributed by atoms with Crippen LogP contribution in [0.5, 0.6) is 0 Å². The van der Waals surface area contributed by atoms with Gasteiger partial charge in [0.1, 0.15) is 5.15 Å². The average molecular weight is 195 g/mol. The van der Waals surface area contributed by atoms with Gasteiger partial charge in [-0.1, -0.05) is 23.4 Å². The zero-order valence-corrected chi connectivity index (χ0v) is 7.51. The number of carbonyl (C=O) groups is 1. The van der Waals surface area contributed by atoms with E-state index in [1.807, 2.05) is 0 Å². The van der Waals surface area contributed by atoms with Crippen molar-refractivity contribution in [1.29, 1.82) is 0 Å². The summed E-state index contributed by atoms with van der Waals surface area (Å²) in [5.74, 6) is 4.92. The van der Waals surface area contributed by atoms with Crippen LogP contribution in [-0.2, 0) is 4.79 Å². The first-order valence-corrected chi connectivity index (χ1v) is 3.95. The minimum absolute atomic E-state index is 0.0555. The van der Waals surface area contributed by atoms with E-state index in [-0.39, 0.29) is 6.42 Å². The molecule has 0 aliphatic carbocycles. The van der Waals surface area contributed by atoms with Gasteiger partial charge in [-0.3, -0.25) is 4.79 Å². The van der Waals surface area contributed by atoms with Gasteiger partial charge in [0.15, 0.2) is 0 Å². The summed E-state index contributed by atoms with van der Waals surface area (Å²) < 4.78 is 0. The third-order valence-electron chi connectivity index (χ3n) is 1.22. The molecule has 0 aromatic carbocycles. The fourth-order valence-electron chi connectivity index (χ4n) is 0.714. The Labute approximate surface area is 80.9 Å². The van der Waals surface area contributed by atoms with Crippen molar-refractivity contribution in [2.24, 2.45) is 5.73 Å². The summed E-state index contributed by atoms with van der Waals surface area (Å²) in [5, 5.41) is 0.380. The Kier molecular flexibility index (Phi) is 3.30. The predicted octanol–water partition coefficient (Wildman–Crippen LogP) is 0.962. The lowest BCUT2D eigenvalue weighted by Crippen LogP contribution is -2.08. The lowest BCUT2D eigenvalue weighted by molar-refractivity contribution is -0.117. The average Bonchev–Trinajstić information content (AvgIpc) is 2.03. The quantitative estimate of drug-likeness (QED) is 0.535. The van der Waals surface area contributed by atoms with Gasteiger partial charge in [0.25, 0.3) is 0 Å². The third-order valence-corrected chi connectivity index (χ3v) is 1.43. The van der Waals surface area contributed by atoms with Crippen molar-refractivity contribution in [1.82, 2.24) is 4.98 Å². The van der Waals surface area contributed by atoms with E-state index in [4.69, 9.17) is 17.3 Å². The van der Waals surface area contributed by atoms with Crippen LogP contribution in [0.3, 0.4) is 0 Å². The zero-order valence-electron chi connectivity index (χ0n) is 6.75. The normalized spacial score (nSPS) is 8.69. The first-order valence-electron chi connectivity index (χ1n) is 3.57. The number of amides is 1. The van der Waals surface area contributed by atoms with Crippen molar-refractivity contribution in [3.8, 4) is 11.8 Å². The van der Waals surface area contributed by atoms with E-state index in [1.54, 1.807) is 18.3 Å². The molecule has 0 aliphatic rings. The number of carbonyl (C=O) groups excluding carboxylic acids is 1. The van der Waals surface area contributed by atoms with Gasteiger partial charge in [-0.15, -0.1) is 0 Å². The van der Waals surface area contributed by atoms with E-state index in [0.29, 0.717) is 5.15 Å². The van der Waals surface area contributed by atoms with Gasteiger partial charge in [0.05, 0.1) is 6.42 Å². The van der Waals surface area contributed by atoms with Crippen LogP contribution < -0.4 is 5.73 Å². The van der Waals surface area contributed by atoms with E-state index in [9.17, 15) is 4.79 Å². The minimum atomic E-state index is -0.437. The SMILES string of the molecule is NC(=O)CC#Cc1ccnc(Cl)c1. The highest BCUT2D eigenvalue weighted by molar-refractivity contribution is 6.29. The number of rotatable bonds is 1. The number of hydrogen-bond acceptors (Lipinski definition) is 2. The van der Waals surface area contributed by atoms with Gasteiger partial charge in [-0.2, -0.15) is 0 Å². The number of halogens is 1. The second-order valence-corrected chi connectivity index (χ2v) is 2.70. The van der Waals surface area contributed by atoms with Crippen LogP contribution in [-0.4, -0.2) is 10.9 Å². The van der Waals surface area contributed by atoms with Gasteiger partial charge >= 0.3 is 0 Å². The van der Waals surface area contributed by atoms with Gasteiger partial charge in [-0.25, -0.2) is 4.98 Å². The number of hydrogen-bond donors (Lipinski definition) is 1. The molecule has 1 rings (SSSR count). The molecule has 0 aliphatic heterocycles. The summed E-state index contributed by atoms with van der Waals surface area (Å²) in [6.07, 6.45) is 1.61. The molecular formula is C9H7ClN2O. The van der Waals surface area contributed by atoms with Crippen molar-refractivity contribution in [2.45, 2.75) is 6.42 Å². The molecular weight excluding hydrogens is 188 g/mol. The second kappa shape index (κ2) is 4.48. The molecule has 0 unspecified atom stereocenters. The van der Waals surface area contributed by atoms with E-state index in [2.05, 4.69) is 16.8 Å². The van der Waals surface area contributed by atoms with Crippen LogP contribution in [0, 0.1) is 11.8 Å². The van der Waals surface area contributed by atoms with Gasteiger partial charge in [0, 0.05) is 11.8 Å². The van der Waals surface area contributed by atoms with Crippen LogP contribution in [0.25, 0.3) is 0 Å². The fourth-order valence-corrected chi connectivity index (χ4v) is 0.887. The molecule has 0 saturated carbocycles. The van der Waals surface area contributed by atoms with Crippen molar-refractivity contribution in [3.63, 3.8) is 0 Å². The molecule has 0 saturated heterocycles. The number of primary amides is 1. The molecule has 13 heavy (non-hydrogen) atoms. The standard InChI is InChI=1S/C9H7ClN2O/c10-8-6-7(4-5-12-8)2-1-3-9(11)13/h4-6H,3H2,(H2,11,13). The summed E-state index contributed by atoms with van der Waals surface area (Å²) in [7, 11) is 0. The zero-order chi connectivity index (χ0) is 9.68. The van der Waals surface area contributed by atoms with Crippen LogP contribution in [0.2, 0.25) is 5.15 Å². The Morgan fingerprint density at radius 2 is 2.46 bits per heavy atom. The number of nitrogens with two attached hydrogens (primary N) is 1. The Bertz CT molecular complexity index is 379. The number of pyridine rings is 1. The Morgan fingerprint density at radius 1 is 1.69 bits per heavy atom. The van der Waals surface area contributed by atoms with Crippen molar-refractivity contribution >= 4 is 17.5 Å². The molecule has 4 heteroatoms. The van der Waals surface area contributed by atoms with Crippen molar-refractivity contribution in [2.75, 3.05) is 0 Å². The first kappa shape index (κ1) is 9.56. The van der Waals surface area contributed by atoms with Crippen LogP contribution in [0.1, 0.15) is 12.0 Å². The molecule has 0 fully saturated rings. The maximum atomic E-state index is 10.3.